The van der Waals surface area contributed by atoms with E-state index in [0.29, 0.717) is 25.3 Å². The Labute approximate surface area is 125 Å². The highest BCUT2D eigenvalue weighted by Gasteiger charge is 2.30. The van der Waals surface area contributed by atoms with Crippen LogP contribution in [0, 0.1) is 18.8 Å². The molecule has 0 unspecified atom stereocenters. The minimum Gasteiger partial charge on any atom is -0.384 e. The molecule has 1 aliphatic heterocycles. The molecule has 1 aromatic rings. The molecule has 1 N–H and O–H groups in total. The van der Waals surface area contributed by atoms with E-state index in [1.807, 2.05) is 37.8 Å². The van der Waals surface area contributed by atoms with Gasteiger partial charge in [-0.2, -0.15) is 0 Å². The topological polar surface area (TPSA) is 49.8 Å². The number of benzene rings is 1. The third-order valence-electron chi connectivity index (χ3n) is 3.49. The third kappa shape index (κ3) is 3.84. The summed E-state index contributed by atoms with van der Waals surface area (Å²) < 4.78 is 5.63. The maximum atomic E-state index is 12.6. The fourth-order valence-corrected chi connectivity index (χ4v) is 2.44. The van der Waals surface area contributed by atoms with Gasteiger partial charge >= 0.3 is 0 Å². The number of hydrogen-bond donors (Lipinski definition) is 1. The third-order valence-corrected chi connectivity index (χ3v) is 3.49. The van der Waals surface area contributed by atoms with Crippen molar-refractivity contribution in [2.45, 2.75) is 26.4 Å². The van der Waals surface area contributed by atoms with E-state index < -0.39 is 0 Å². The lowest BCUT2D eigenvalue weighted by Crippen LogP contribution is -2.50. The van der Waals surface area contributed by atoms with Gasteiger partial charge < -0.3 is 14.7 Å². The largest absolute Gasteiger partial charge is 0.384 e. The van der Waals surface area contributed by atoms with Crippen molar-refractivity contribution in [2.24, 2.45) is 0 Å². The van der Waals surface area contributed by atoms with E-state index in [9.17, 15) is 4.79 Å². The Kier molecular flexibility index (Phi) is 4.66. The van der Waals surface area contributed by atoms with Crippen molar-refractivity contribution in [3.8, 4) is 11.8 Å². The van der Waals surface area contributed by atoms with Gasteiger partial charge in [0.2, 0.25) is 0 Å². The summed E-state index contributed by atoms with van der Waals surface area (Å²) in [5, 5.41) is 8.73. The Morgan fingerprint density at radius 2 is 2.24 bits per heavy atom. The van der Waals surface area contributed by atoms with Gasteiger partial charge in [-0.3, -0.25) is 4.79 Å². The van der Waals surface area contributed by atoms with E-state index in [1.54, 1.807) is 6.07 Å². The molecule has 112 valence electrons. The molecule has 1 heterocycles. The van der Waals surface area contributed by atoms with Crippen molar-refractivity contribution in [1.82, 2.24) is 4.90 Å². The summed E-state index contributed by atoms with van der Waals surface area (Å²) in [7, 11) is 0. The van der Waals surface area contributed by atoms with Gasteiger partial charge in [0, 0.05) is 24.2 Å². The minimum absolute atomic E-state index is 0.0242. The summed E-state index contributed by atoms with van der Waals surface area (Å²) in [6.45, 7) is 7.52. The number of morpholine rings is 1. The lowest BCUT2D eigenvalue weighted by atomic mass is 10.0. The summed E-state index contributed by atoms with van der Waals surface area (Å²) in [4.78, 5) is 14.4. The number of amides is 1. The van der Waals surface area contributed by atoms with Crippen LogP contribution in [0.3, 0.4) is 0 Å². The molecule has 0 radical (unpaired) electrons. The average molecular weight is 287 g/mol. The van der Waals surface area contributed by atoms with Crippen molar-refractivity contribution >= 4 is 5.91 Å². The number of hydrogen-bond acceptors (Lipinski definition) is 3. The predicted molar refractivity (Wildman–Crippen MR) is 81.1 cm³/mol. The number of aliphatic hydroxyl groups excluding tert-OH is 1. The van der Waals surface area contributed by atoms with Crippen LogP contribution in [-0.2, 0) is 4.74 Å². The predicted octanol–water partition coefficient (Wildman–Crippen LogP) is 1.59. The van der Waals surface area contributed by atoms with Crippen LogP contribution in [0.25, 0.3) is 0 Å². The zero-order chi connectivity index (χ0) is 15.5. The van der Waals surface area contributed by atoms with Gasteiger partial charge in [0.05, 0.1) is 12.2 Å². The van der Waals surface area contributed by atoms with Crippen LogP contribution in [0.5, 0.6) is 0 Å². The van der Waals surface area contributed by atoms with E-state index in [-0.39, 0.29) is 18.1 Å². The lowest BCUT2D eigenvalue weighted by Gasteiger charge is -2.38. The van der Waals surface area contributed by atoms with Crippen LogP contribution >= 0.6 is 0 Å². The van der Waals surface area contributed by atoms with Gasteiger partial charge in [-0.25, -0.2) is 0 Å². The van der Waals surface area contributed by atoms with E-state index >= 15 is 0 Å². The highest BCUT2D eigenvalue weighted by Crippen LogP contribution is 2.19. The molecule has 4 nitrogen and oxygen atoms in total. The molecule has 4 heteroatoms. The van der Waals surface area contributed by atoms with Crippen LogP contribution in [0.4, 0.5) is 0 Å². The second kappa shape index (κ2) is 6.30. The Morgan fingerprint density at radius 3 is 2.86 bits per heavy atom. The summed E-state index contributed by atoms with van der Waals surface area (Å²) in [5.74, 6) is 5.52. The Hall–Kier alpha value is -1.83. The zero-order valence-corrected chi connectivity index (χ0v) is 12.8. The molecule has 21 heavy (non-hydrogen) atoms. The first kappa shape index (κ1) is 15.6. The van der Waals surface area contributed by atoms with Crippen molar-refractivity contribution in [3.05, 3.63) is 34.9 Å². The fourth-order valence-electron chi connectivity index (χ4n) is 2.44. The molecule has 0 atom stereocenters. The first-order chi connectivity index (χ1) is 9.93. The molecule has 0 aromatic heterocycles. The quantitative estimate of drug-likeness (QED) is 0.798. The fraction of sp³-hybridized carbons (Fsp3) is 0.471. The Balaban J connectivity index is 2.18. The molecule has 0 aliphatic carbocycles. The smallest absolute Gasteiger partial charge is 0.254 e. The van der Waals surface area contributed by atoms with Crippen LogP contribution in [0.2, 0.25) is 0 Å². The van der Waals surface area contributed by atoms with Crippen LogP contribution in [0.15, 0.2) is 18.2 Å². The molecule has 1 aliphatic rings. The van der Waals surface area contributed by atoms with E-state index in [0.717, 1.165) is 11.1 Å². The number of nitrogens with zero attached hydrogens (tertiary/aromatic N) is 1. The van der Waals surface area contributed by atoms with Gasteiger partial charge in [-0.15, -0.1) is 0 Å². The maximum Gasteiger partial charge on any atom is 0.254 e. The lowest BCUT2D eigenvalue weighted by molar-refractivity contribution is -0.0764. The number of carbonyl (C=O) groups excluding carboxylic acids is 1. The molecule has 0 spiro atoms. The highest BCUT2D eigenvalue weighted by molar-refractivity contribution is 5.94. The van der Waals surface area contributed by atoms with E-state index in [2.05, 4.69) is 11.8 Å². The van der Waals surface area contributed by atoms with E-state index in [4.69, 9.17) is 9.84 Å². The van der Waals surface area contributed by atoms with Crippen molar-refractivity contribution in [2.75, 3.05) is 26.3 Å². The highest BCUT2D eigenvalue weighted by atomic mass is 16.5. The normalized spacial score (nSPS) is 17.0. The molecule has 1 saturated heterocycles. The number of carbonyl (C=O) groups is 1. The number of ether oxygens (including phenoxy) is 1. The van der Waals surface area contributed by atoms with Crippen molar-refractivity contribution < 1.29 is 14.6 Å². The van der Waals surface area contributed by atoms with Gasteiger partial charge in [-0.05, 0) is 44.5 Å². The number of aryl methyl sites for hydroxylation is 1. The van der Waals surface area contributed by atoms with E-state index in [1.165, 1.54) is 0 Å². The van der Waals surface area contributed by atoms with Crippen LogP contribution in [0.1, 0.15) is 35.3 Å². The first-order valence-electron chi connectivity index (χ1n) is 7.06. The number of rotatable bonds is 1. The standard InChI is InChI=1S/C17H21NO3/c1-13-11-15(7-6-14(13)5-4-9-19)16(20)18-8-10-21-17(2,3)12-18/h6-7,11,19H,8-10,12H2,1-3H3. The van der Waals surface area contributed by atoms with Crippen LogP contribution < -0.4 is 0 Å². The average Bonchev–Trinajstić information content (AvgIpc) is 2.44. The molecular weight excluding hydrogens is 266 g/mol. The molecular formula is C17H21NO3. The molecule has 0 bridgehead atoms. The first-order valence-corrected chi connectivity index (χ1v) is 7.06. The summed E-state index contributed by atoms with van der Waals surface area (Å²) in [6.07, 6.45) is 0. The second-order valence-corrected chi connectivity index (χ2v) is 5.82. The molecule has 1 fully saturated rings. The molecule has 0 saturated carbocycles. The monoisotopic (exact) mass is 287 g/mol. The van der Waals surface area contributed by atoms with Gasteiger partial charge in [-0.1, -0.05) is 11.8 Å². The number of aliphatic hydroxyl groups is 1. The Morgan fingerprint density at radius 1 is 1.48 bits per heavy atom. The SMILES string of the molecule is Cc1cc(C(=O)N2CCOC(C)(C)C2)ccc1C#CCO. The molecule has 1 amide bonds. The summed E-state index contributed by atoms with van der Waals surface area (Å²) in [5.41, 5.74) is 2.15. The van der Waals surface area contributed by atoms with Gasteiger partial charge in [0.25, 0.3) is 5.91 Å². The molecule has 2 rings (SSSR count). The Bertz CT molecular complexity index is 596. The van der Waals surface area contributed by atoms with Crippen LogP contribution in [-0.4, -0.2) is 47.8 Å². The zero-order valence-electron chi connectivity index (χ0n) is 12.8. The summed E-state index contributed by atoms with van der Waals surface area (Å²) in [6, 6.07) is 5.47. The minimum atomic E-state index is -0.296. The van der Waals surface area contributed by atoms with Crippen molar-refractivity contribution in [1.29, 1.82) is 0 Å². The van der Waals surface area contributed by atoms with Gasteiger partial charge in [0.15, 0.2) is 0 Å². The van der Waals surface area contributed by atoms with Crippen molar-refractivity contribution in [3.63, 3.8) is 0 Å². The summed E-state index contributed by atoms with van der Waals surface area (Å²) >= 11 is 0. The maximum absolute atomic E-state index is 12.6. The molecule has 1 aromatic carbocycles. The van der Waals surface area contributed by atoms with Gasteiger partial charge in [0.1, 0.15) is 6.61 Å². The second-order valence-electron chi connectivity index (χ2n) is 5.82.